The number of rotatable bonds is 10. The molecule has 212 valence electrons. The van der Waals surface area contributed by atoms with E-state index in [0.717, 1.165) is 23.7 Å². The minimum absolute atomic E-state index is 0.162. The van der Waals surface area contributed by atoms with Gasteiger partial charge in [-0.3, -0.25) is 9.59 Å². The molecule has 8 heteroatoms. The molecule has 40 heavy (non-hydrogen) atoms. The Morgan fingerprint density at radius 3 is 1.73 bits per heavy atom. The maximum absolute atomic E-state index is 12.4. The number of benzene rings is 3. The van der Waals surface area contributed by atoms with E-state index in [1.807, 2.05) is 41.3 Å². The van der Waals surface area contributed by atoms with Crippen molar-refractivity contribution in [3.05, 3.63) is 83.9 Å². The number of hydrogen-bond donors (Lipinski definition) is 2. The molecular weight excluding hydrogens is 508 g/mol. The number of carbonyl (C=O) groups excluding carboxylic acids is 2. The van der Waals surface area contributed by atoms with E-state index in [4.69, 9.17) is 14.6 Å². The summed E-state index contributed by atoms with van der Waals surface area (Å²) in [5.41, 5.74) is 2.59. The molecule has 1 amide bonds. The lowest BCUT2D eigenvalue weighted by Crippen LogP contribution is -2.19. The number of Topliss-reactive ketones (excluding diaryl/α,β-unsaturated/α-hetero) is 1. The first-order valence-corrected chi connectivity index (χ1v) is 13.5. The first-order valence-electron chi connectivity index (χ1n) is 13.5. The Labute approximate surface area is 235 Å². The van der Waals surface area contributed by atoms with E-state index < -0.39 is 5.97 Å². The molecule has 0 bridgehead atoms. The lowest BCUT2D eigenvalue weighted by atomic mass is 10.2. The van der Waals surface area contributed by atoms with Crippen LogP contribution < -0.4 is 19.7 Å². The van der Waals surface area contributed by atoms with E-state index in [1.54, 1.807) is 24.3 Å². The van der Waals surface area contributed by atoms with Crippen LogP contribution in [0.5, 0.6) is 11.5 Å². The van der Waals surface area contributed by atoms with Crippen LogP contribution in [0.3, 0.4) is 0 Å². The van der Waals surface area contributed by atoms with Crippen molar-refractivity contribution in [1.29, 1.82) is 0 Å². The summed E-state index contributed by atoms with van der Waals surface area (Å²) in [7, 11) is 0. The molecular formula is C32H38N2O6. The van der Waals surface area contributed by atoms with Gasteiger partial charge < -0.3 is 24.8 Å². The van der Waals surface area contributed by atoms with Gasteiger partial charge in [0.1, 0.15) is 11.5 Å². The summed E-state index contributed by atoms with van der Waals surface area (Å²) >= 11 is 0. The number of nitrogens with zero attached hydrogens (tertiary/aromatic N) is 1. The largest absolute Gasteiger partial charge is 0.493 e. The summed E-state index contributed by atoms with van der Waals surface area (Å²) < 4.78 is 11.0. The first-order chi connectivity index (χ1) is 19.1. The highest BCUT2D eigenvalue weighted by Crippen LogP contribution is 2.22. The molecule has 0 aliphatic carbocycles. The van der Waals surface area contributed by atoms with Gasteiger partial charge in [-0.25, -0.2) is 4.79 Å². The Bertz CT molecular complexity index is 1250. The Morgan fingerprint density at radius 1 is 0.800 bits per heavy atom. The highest BCUT2D eigenvalue weighted by atomic mass is 16.5. The van der Waals surface area contributed by atoms with Gasteiger partial charge in [-0.05, 0) is 84.6 Å². The van der Waals surface area contributed by atoms with Crippen LogP contribution in [-0.2, 0) is 4.79 Å². The van der Waals surface area contributed by atoms with E-state index >= 15 is 0 Å². The van der Waals surface area contributed by atoms with Gasteiger partial charge in [0, 0.05) is 29.9 Å². The van der Waals surface area contributed by atoms with Gasteiger partial charge in [0.05, 0.1) is 25.3 Å². The fourth-order valence-corrected chi connectivity index (χ4v) is 3.73. The monoisotopic (exact) mass is 546 g/mol. The highest BCUT2D eigenvalue weighted by Gasteiger charge is 2.19. The maximum atomic E-state index is 12.4. The van der Waals surface area contributed by atoms with Crippen LogP contribution in [-0.4, -0.2) is 49.1 Å². The Morgan fingerprint density at radius 2 is 1.30 bits per heavy atom. The molecule has 3 aromatic carbocycles. The topological polar surface area (TPSA) is 105 Å². The van der Waals surface area contributed by atoms with Gasteiger partial charge >= 0.3 is 5.97 Å². The van der Waals surface area contributed by atoms with Crippen LogP contribution in [0.4, 0.5) is 11.4 Å². The standard InChI is InChI=1S/C21H24N2O3.C11H14O3/c1-15(2)14-26-20-9-3-16(4-10-20)21(25)22-17-5-7-18(8-6-17)23-12-11-19(24)13-23;1-8(2)7-14-10-5-3-9(4-6-10)11(12)13/h3-10,15H,11-14H2,1-2H3,(H,22,25);3-6,8H,7H2,1-2H3,(H,12,13). The predicted molar refractivity (Wildman–Crippen MR) is 157 cm³/mol. The van der Waals surface area contributed by atoms with Crippen molar-refractivity contribution >= 4 is 29.0 Å². The molecule has 0 unspecified atom stereocenters. The van der Waals surface area contributed by atoms with E-state index in [9.17, 15) is 14.4 Å². The molecule has 1 saturated heterocycles. The number of carboxylic acid groups (broad SMARTS) is 1. The second kappa shape index (κ2) is 14.7. The number of amides is 1. The third-order valence-corrected chi connectivity index (χ3v) is 5.90. The third kappa shape index (κ3) is 9.76. The Balaban J connectivity index is 0.000000267. The predicted octanol–water partition coefficient (Wildman–Crippen LogP) is 6.17. The van der Waals surface area contributed by atoms with Gasteiger partial charge in [0.15, 0.2) is 5.78 Å². The van der Waals surface area contributed by atoms with Crippen molar-refractivity contribution in [2.75, 3.05) is 36.5 Å². The molecule has 1 heterocycles. The number of carboxylic acids is 1. The maximum Gasteiger partial charge on any atom is 0.335 e. The lowest BCUT2D eigenvalue weighted by molar-refractivity contribution is -0.116. The normalized spacial score (nSPS) is 12.7. The molecule has 0 radical (unpaired) electrons. The zero-order valence-corrected chi connectivity index (χ0v) is 23.6. The summed E-state index contributed by atoms with van der Waals surface area (Å²) in [5.74, 6) is 1.59. The lowest BCUT2D eigenvalue weighted by Gasteiger charge is -2.17. The number of anilines is 2. The van der Waals surface area contributed by atoms with Crippen LogP contribution >= 0.6 is 0 Å². The van der Waals surface area contributed by atoms with Gasteiger partial charge in [0.2, 0.25) is 0 Å². The SMILES string of the molecule is CC(C)COc1ccc(C(=O)Nc2ccc(N3CCC(=O)C3)cc2)cc1.CC(C)COc1ccc(C(=O)O)cc1. The fourth-order valence-electron chi connectivity index (χ4n) is 3.73. The quantitative estimate of drug-likeness (QED) is 0.313. The number of aromatic carboxylic acids is 1. The summed E-state index contributed by atoms with van der Waals surface area (Å²) in [6, 6.07) is 21.1. The van der Waals surface area contributed by atoms with E-state index in [0.29, 0.717) is 49.3 Å². The van der Waals surface area contributed by atoms with Crippen LogP contribution in [0.15, 0.2) is 72.8 Å². The van der Waals surface area contributed by atoms with Crippen LogP contribution in [0.1, 0.15) is 54.8 Å². The van der Waals surface area contributed by atoms with Crippen molar-refractivity contribution in [2.24, 2.45) is 11.8 Å². The summed E-state index contributed by atoms with van der Waals surface area (Å²) in [4.78, 5) is 36.3. The average molecular weight is 547 g/mol. The molecule has 1 aliphatic heterocycles. The average Bonchev–Trinajstić information content (AvgIpc) is 3.38. The van der Waals surface area contributed by atoms with Crippen LogP contribution in [0, 0.1) is 11.8 Å². The summed E-state index contributed by atoms with van der Waals surface area (Å²) in [6.45, 7) is 10.8. The summed E-state index contributed by atoms with van der Waals surface area (Å²) in [5, 5.41) is 11.5. The number of nitrogens with one attached hydrogen (secondary N) is 1. The molecule has 0 saturated carbocycles. The molecule has 0 spiro atoms. The molecule has 2 N–H and O–H groups in total. The van der Waals surface area contributed by atoms with Gasteiger partial charge in [0.25, 0.3) is 5.91 Å². The van der Waals surface area contributed by atoms with Gasteiger partial charge in [-0.15, -0.1) is 0 Å². The number of ketones is 1. The number of hydrogen-bond acceptors (Lipinski definition) is 6. The van der Waals surface area contributed by atoms with E-state index in [-0.39, 0.29) is 17.3 Å². The van der Waals surface area contributed by atoms with Crippen molar-refractivity contribution in [1.82, 2.24) is 0 Å². The van der Waals surface area contributed by atoms with Gasteiger partial charge in [-0.2, -0.15) is 0 Å². The second-order valence-corrected chi connectivity index (χ2v) is 10.5. The van der Waals surface area contributed by atoms with Crippen molar-refractivity contribution < 1.29 is 29.0 Å². The number of ether oxygens (including phenoxy) is 2. The minimum atomic E-state index is -0.916. The van der Waals surface area contributed by atoms with E-state index in [1.165, 1.54) is 12.1 Å². The van der Waals surface area contributed by atoms with Crippen molar-refractivity contribution in [3.8, 4) is 11.5 Å². The van der Waals surface area contributed by atoms with Crippen LogP contribution in [0.25, 0.3) is 0 Å². The molecule has 1 fully saturated rings. The molecule has 0 atom stereocenters. The van der Waals surface area contributed by atoms with E-state index in [2.05, 4.69) is 33.0 Å². The zero-order valence-electron chi connectivity index (χ0n) is 23.6. The molecule has 0 aromatic heterocycles. The molecule has 3 aromatic rings. The second-order valence-electron chi connectivity index (χ2n) is 10.5. The smallest absolute Gasteiger partial charge is 0.335 e. The van der Waals surface area contributed by atoms with Crippen LogP contribution in [0.2, 0.25) is 0 Å². The fraction of sp³-hybridized carbons (Fsp3) is 0.344. The Kier molecular flexibility index (Phi) is 11.1. The third-order valence-electron chi connectivity index (χ3n) is 5.90. The highest BCUT2D eigenvalue weighted by molar-refractivity contribution is 6.04. The zero-order chi connectivity index (χ0) is 29.1. The first kappa shape index (κ1) is 30.2. The molecule has 8 nitrogen and oxygen atoms in total. The molecule has 4 rings (SSSR count). The van der Waals surface area contributed by atoms with Crippen molar-refractivity contribution in [3.63, 3.8) is 0 Å². The molecule has 1 aliphatic rings. The van der Waals surface area contributed by atoms with Gasteiger partial charge in [-0.1, -0.05) is 27.7 Å². The number of carbonyl (C=O) groups is 3. The van der Waals surface area contributed by atoms with Crippen molar-refractivity contribution in [2.45, 2.75) is 34.1 Å². The summed E-state index contributed by atoms with van der Waals surface area (Å²) in [6.07, 6.45) is 0.607. The minimum Gasteiger partial charge on any atom is -0.493 e. The Hall–Kier alpha value is -4.33.